The summed E-state index contributed by atoms with van der Waals surface area (Å²) in [6.45, 7) is 0.418. The molecule has 0 saturated carbocycles. The smallest absolute Gasteiger partial charge is 0.423 e. The Labute approximate surface area is 451 Å². The van der Waals surface area contributed by atoms with Crippen LogP contribution in [0.25, 0.3) is 56.3 Å². The number of nitrogens with zero attached hydrogens (tertiary/aromatic N) is 9. The number of nitrogen functional groups attached to an aromatic ring is 2. The molecular formula is C48H41BBrCl5FN15O2. The van der Waals surface area contributed by atoms with Crippen LogP contribution in [-0.2, 0) is 12.4 Å². The van der Waals surface area contributed by atoms with E-state index in [2.05, 4.69) is 70.8 Å². The molecule has 372 valence electrons. The molecule has 0 amide bonds. The van der Waals surface area contributed by atoms with Crippen molar-refractivity contribution in [3.63, 3.8) is 0 Å². The zero-order valence-electron chi connectivity index (χ0n) is 38.8. The van der Waals surface area contributed by atoms with Gasteiger partial charge in [0.05, 0.1) is 27.3 Å². The number of hydrogen-bond acceptors (Lipinski definition) is 13. The topological polar surface area (TPSA) is 272 Å². The summed E-state index contributed by atoms with van der Waals surface area (Å²) in [5.74, 6) is 2.63. The molecule has 0 atom stereocenters. The van der Waals surface area contributed by atoms with E-state index < -0.39 is 14.3 Å². The summed E-state index contributed by atoms with van der Waals surface area (Å²) in [7, 11) is -2.34. The fraction of sp³-hybridized carbons (Fsp3) is 0.0625. The second kappa shape index (κ2) is 27.2. The molecule has 0 aliphatic rings. The molecule has 0 aliphatic carbocycles. The van der Waals surface area contributed by atoms with Gasteiger partial charge in [-0.3, -0.25) is 9.80 Å². The van der Waals surface area contributed by atoms with E-state index in [9.17, 15) is 4.39 Å². The number of benzene rings is 5. The van der Waals surface area contributed by atoms with E-state index in [1.165, 1.54) is 12.7 Å². The normalized spacial score (nSPS) is 10.5. The van der Waals surface area contributed by atoms with Crippen LogP contribution in [-0.4, -0.2) is 83.7 Å². The first kappa shape index (κ1) is 53.8. The summed E-state index contributed by atoms with van der Waals surface area (Å²) in [5, 5.41) is 27.6. The molecule has 11 rings (SSSR count). The van der Waals surface area contributed by atoms with Crippen LogP contribution in [0, 0.1) is 5.41 Å². The highest BCUT2D eigenvalue weighted by molar-refractivity contribution is 9.10. The maximum Gasteiger partial charge on any atom is 0.488 e. The zero-order valence-corrected chi connectivity index (χ0v) is 43.1. The summed E-state index contributed by atoms with van der Waals surface area (Å²) in [4.78, 5) is 42.0. The number of aromatic amines is 3. The first-order valence-corrected chi connectivity index (χ1v) is 23.9. The van der Waals surface area contributed by atoms with Crippen molar-refractivity contribution < 1.29 is 15.8 Å². The van der Waals surface area contributed by atoms with E-state index in [0.717, 1.165) is 28.1 Å². The lowest BCUT2D eigenvalue weighted by atomic mass is 9.81. The number of hydrogen-bond donors (Lipinski definition) is 8. The van der Waals surface area contributed by atoms with Gasteiger partial charge in [0, 0.05) is 42.3 Å². The Morgan fingerprint density at radius 2 is 1.08 bits per heavy atom. The monoisotopic (exact) mass is 1140 g/mol. The van der Waals surface area contributed by atoms with Gasteiger partial charge in [-0.1, -0.05) is 150 Å². The molecule has 0 radical (unpaired) electrons. The third kappa shape index (κ3) is 14.8. The summed E-state index contributed by atoms with van der Waals surface area (Å²) in [5.41, 5.74) is 19.2. The third-order valence-electron chi connectivity index (χ3n) is 9.90. The van der Waals surface area contributed by atoms with E-state index in [4.69, 9.17) is 86.3 Å². The van der Waals surface area contributed by atoms with Gasteiger partial charge >= 0.3 is 7.12 Å². The number of imidazole rings is 3. The lowest BCUT2D eigenvalue weighted by Crippen LogP contribution is -2.29. The number of H-pyrrole nitrogens is 3. The highest BCUT2D eigenvalue weighted by Crippen LogP contribution is 2.28. The molecule has 10 N–H and O–H groups in total. The van der Waals surface area contributed by atoms with Crippen LogP contribution in [0.15, 0.2) is 151 Å². The Morgan fingerprint density at radius 1 is 0.630 bits per heavy atom. The first-order chi connectivity index (χ1) is 35.7. The molecule has 25 heteroatoms. The van der Waals surface area contributed by atoms with Crippen molar-refractivity contribution in [1.29, 1.82) is 5.41 Å². The van der Waals surface area contributed by atoms with Crippen molar-refractivity contribution in [2.75, 3.05) is 18.6 Å². The van der Waals surface area contributed by atoms with Crippen molar-refractivity contribution in [2.45, 2.75) is 12.4 Å². The predicted molar refractivity (Wildman–Crippen MR) is 293 cm³/mol. The Kier molecular flexibility index (Phi) is 20.0. The Morgan fingerprint density at radius 3 is 1.53 bits per heavy atom. The quantitative estimate of drug-likeness (QED) is 0.0439. The van der Waals surface area contributed by atoms with E-state index in [1.807, 2.05) is 77.4 Å². The van der Waals surface area contributed by atoms with Gasteiger partial charge in [-0.05, 0) is 45.7 Å². The largest absolute Gasteiger partial charge is 0.488 e. The molecule has 0 aliphatic heterocycles. The number of nitrogens with two attached hydrogens (primary N) is 2. The van der Waals surface area contributed by atoms with E-state index >= 15 is 0 Å². The summed E-state index contributed by atoms with van der Waals surface area (Å²) in [6, 6.07) is 39.0. The number of anilines is 2. The van der Waals surface area contributed by atoms with Crippen molar-refractivity contribution in [1.82, 2.24) is 59.4 Å². The van der Waals surface area contributed by atoms with Crippen molar-refractivity contribution in [3.05, 3.63) is 188 Å². The predicted octanol–water partition coefficient (Wildman–Crippen LogP) is 10.2. The number of halogens is 7. The van der Waals surface area contributed by atoms with Crippen LogP contribution in [0.3, 0.4) is 0 Å². The average Bonchev–Trinajstić information content (AvgIpc) is 4.17. The standard InChI is InChI=1S/C18H13Cl2N5.C11H9N5.C7H5Cl3.C6H7BO2.C5H4BrN5.CH3F/c19-13-7-4-8-14(20)12(13)9-25-10-22-16(21)15-18(25)24-17(23-15)11-5-2-1-3-6-11;12-9-8-11(14-6-13-9)16-10(15-8)7-4-2-1-3-5-7;8-4-5-6(9)2-1-3-7(5)10;8-7(9)6-4-2-1-3-5-6;6-5-10-2-3(7)8-1-9-4(2)11-5;1-2/h1-8,10,21H,9H2,(H,23,24);1-6H,(H3,12,13,14,15,16);1-3H,4H2;1-5,8-9H;1H,(H3,7,8,9,10,11);1H3/i;;;;;1D. The van der Waals surface area contributed by atoms with E-state index in [1.54, 1.807) is 60.9 Å². The fourth-order valence-corrected chi connectivity index (χ4v) is 8.21. The molecule has 17 nitrogen and oxygen atoms in total. The Hall–Kier alpha value is -7.01. The van der Waals surface area contributed by atoms with E-state index in [-0.39, 0.29) is 5.49 Å². The maximum absolute atomic E-state index is 9.96. The lowest BCUT2D eigenvalue weighted by molar-refractivity contribution is 0.426. The number of rotatable bonds is 6. The SMILES string of the molecule is ClCc1c(Cl)cccc1Cl.N=c1ncn(Cc2c(Cl)cccc2Cl)c2nc(-c3ccccc3)[nH]c12.Nc1ncnc2nc(-c3ccccc3)[nH]c12.Nc1ncnc2nc(Br)[nH]c12.OB(O)c1ccccc1.[2H]CF. The van der Waals surface area contributed by atoms with Crippen LogP contribution in [0.4, 0.5) is 16.0 Å². The molecule has 0 bridgehead atoms. The second-order valence-corrected chi connectivity index (χ2v) is 17.2. The highest BCUT2D eigenvalue weighted by atomic mass is 79.9. The molecule has 0 fully saturated rings. The van der Waals surface area contributed by atoms with Crippen LogP contribution >= 0.6 is 73.9 Å². The summed E-state index contributed by atoms with van der Waals surface area (Å²) in [6.07, 6.45) is 4.37. The molecule has 0 spiro atoms. The van der Waals surface area contributed by atoms with Gasteiger partial charge in [0.2, 0.25) is 0 Å². The minimum Gasteiger partial charge on any atom is -0.423 e. The van der Waals surface area contributed by atoms with Crippen LogP contribution in [0.1, 0.15) is 12.5 Å². The molecule has 6 heterocycles. The van der Waals surface area contributed by atoms with Gasteiger partial charge in [0.25, 0.3) is 0 Å². The van der Waals surface area contributed by atoms with Gasteiger partial charge in [-0.25, -0.2) is 39.9 Å². The van der Waals surface area contributed by atoms with Crippen LogP contribution < -0.4 is 22.4 Å². The minimum atomic E-state index is -1.34. The molecule has 73 heavy (non-hydrogen) atoms. The van der Waals surface area contributed by atoms with Crippen molar-refractivity contribution in [2.24, 2.45) is 0 Å². The third-order valence-corrected chi connectivity index (χ3v) is 12.0. The zero-order chi connectivity index (χ0) is 53.1. The fourth-order valence-electron chi connectivity index (χ4n) is 6.37. The molecule has 11 aromatic rings. The first-order valence-electron chi connectivity index (χ1n) is 21.8. The molecular weight excluding hydrogens is 1110 g/mol. The number of alkyl halides is 2. The lowest BCUT2D eigenvalue weighted by Gasteiger charge is -2.10. The van der Waals surface area contributed by atoms with Gasteiger partial charge in [-0.2, -0.15) is 0 Å². The van der Waals surface area contributed by atoms with Crippen molar-refractivity contribution >= 4 is 132 Å². The van der Waals surface area contributed by atoms with Gasteiger partial charge < -0.3 is 41.0 Å². The number of nitrogens with one attached hydrogen (secondary N) is 4. The second-order valence-electron chi connectivity index (χ2n) is 14.6. The molecule has 0 saturated heterocycles. The summed E-state index contributed by atoms with van der Waals surface area (Å²) < 4.78 is 17.9. The maximum atomic E-state index is 9.96. The van der Waals surface area contributed by atoms with Crippen LogP contribution in [0.2, 0.25) is 20.1 Å². The Balaban J connectivity index is 0.000000157. The van der Waals surface area contributed by atoms with Crippen molar-refractivity contribution in [3.8, 4) is 22.8 Å². The van der Waals surface area contributed by atoms with Crippen LogP contribution in [0.5, 0.6) is 0 Å². The average molecular weight is 1150 g/mol. The Bertz CT molecular complexity index is 3560. The van der Waals surface area contributed by atoms with Gasteiger partial charge in [0.1, 0.15) is 40.9 Å². The van der Waals surface area contributed by atoms with E-state index in [0.29, 0.717) is 93.7 Å². The molecule has 0 unspecified atom stereocenters. The minimum absolute atomic E-state index is 0.145. The van der Waals surface area contributed by atoms with Gasteiger partial charge in [0.15, 0.2) is 38.8 Å². The molecule has 6 aromatic heterocycles. The summed E-state index contributed by atoms with van der Waals surface area (Å²) >= 11 is 32.8. The van der Waals surface area contributed by atoms with Gasteiger partial charge in [-0.15, -0.1) is 11.6 Å². The number of fused-ring (bicyclic) bond motifs is 3. The highest BCUT2D eigenvalue weighted by Gasteiger charge is 2.14. The number of aromatic nitrogens is 12. The molecule has 5 aromatic carbocycles.